The lowest BCUT2D eigenvalue weighted by Gasteiger charge is -2.28. The summed E-state index contributed by atoms with van der Waals surface area (Å²) in [5.41, 5.74) is 0. The van der Waals surface area contributed by atoms with E-state index >= 15 is 0 Å². The van der Waals surface area contributed by atoms with Gasteiger partial charge in [0.15, 0.2) is 0 Å². The van der Waals surface area contributed by atoms with Gasteiger partial charge in [-0.2, -0.15) is 0 Å². The lowest BCUT2D eigenvalue weighted by molar-refractivity contribution is 0.164. The van der Waals surface area contributed by atoms with E-state index in [1.54, 1.807) is 0 Å². The summed E-state index contributed by atoms with van der Waals surface area (Å²) in [6.45, 7) is 9.55. The molecule has 1 aliphatic rings. The summed E-state index contributed by atoms with van der Waals surface area (Å²) in [7, 11) is 2.19. The molecule has 1 saturated heterocycles. The largest absolute Gasteiger partial charge is 0.396 e. The van der Waals surface area contributed by atoms with E-state index < -0.39 is 0 Å². The lowest BCUT2D eigenvalue weighted by atomic mass is 10.1. The molecule has 3 heteroatoms. The van der Waals surface area contributed by atoms with Crippen LogP contribution in [-0.2, 0) is 0 Å². The minimum Gasteiger partial charge on any atom is -0.396 e. The zero-order chi connectivity index (χ0) is 11.3. The molecule has 0 bridgehead atoms. The maximum Gasteiger partial charge on any atom is 0.0446 e. The van der Waals surface area contributed by atoms with Gasteiger partial charge in [-0.1, -0.05) is 13.8 Å². The Morgan fingerprint density at radius 2 is 2.00 bits per heavy atom. The number of aliphatic hydroxyl groups is 1. The molecule has 3 nitrogen and oxygen atoms in total. The molecule has 1 heterocycles. The van der Waals surface area contributed by atoms with E-state index in [4.69, 9.17) is 5.11 Å². The number of aliphatic hydroxyl groups excluding tert-OH is 1. The van der Waals surface area contributed by atoms with Crippen LogP contribution < -0.4 is 0 Å². The second kappa shape index (κ2) is 6.46. The average Bonchev–Trinajstić information content (AvgIpc) is 2.28. The molecule has 1 N–H and O–H groups in total. The average molecular weight is 214 g/mol. The first-order valence-electron chi connectivity index (χ1n) is 6.20. The van der Waals surface area contributed by atoms with Gasteiger partial charge in [-0.25, -0.2) is 0 Å². The van der Waals surface area contributed by atoms with Gasteiger partial charge in [-0.15, -0.1) is 0 Å². The molecule has 0 spiro atoms. The van der Waals surface area contributed by atoms with E-state index in [-0.39, 0.29) is 0 Å². The topological polar surface area (TPSA) is 26.7 Å². The Bertz CT molecular complexity index is 175. The van der Waals surface area contributed by atoms with Gasteiger partial charge in [0.2, 0.25) is 0 Å². The van der Waals surface area contributed by atoms with Crippen LogP contribution in [0.5, 0.6) is 0 Å². The van der Waals surface area contributed by atoms with Gasteiger partial charge in [0, 0.05) is 32.3 Å². The minimum atomic E-state index is 0.309. The molecular formula is C12H26N2O. The molecule has 90 valence electrons. The Morgan fingerprint density at radius 3 is 2.60 bits per heavy atom. The summed E-state index contributed by atoms with van der Waals surface area (Å²) in [5, 5.41) is 9.06. The molecule has 0 aromatic carbocycles. The fourth-order valence-electron chi connectivity index (χ4n) is 2.61. The maximum absolute atomic E-state index is 9.06. The molecule has 2 atom stereocenters. The van der Waals surface area contributed by atoms with Crippen molar-refractivity contribution in [2.75, 3.05) is 39.8 Å². The molecule has 0 radical (unpaired) electrons. The third-order valence-electron chi connectivity index (χ3n) is 3.26. The smallest absolute Gasteiger partial charge is 0.0446 e. The van der Waals surface area contributed by atoms with Crippen LogP contribution in [0.25, 0.3) is 0 Å². The highest BCUT2D eigenvalue weighted by atomic mass is 16.3. The third kappa shape index (κ3) is 4.09. The molecule has 1 aliphatic heterocycles. The summed E-state index contributed by atoms with van der Waals surface area (Å²) in [6, 6.07) is 0.534. The maximum atomic E-state index is 9.06. The van der Waals surface area contributed by atoms with Gasteiger partial charge >= 0.3 is 0 Å². The van der Waals surface area contributed by atoms with Crippen LogP contribution in [0.1, 0.15) is 26.7 Å². The normalized spacial score (nSPS) is 30.4. The zero-order valence-corrected chi connectivity index (χ0v) is 10.4. The van der Waals surface area contributed by atoms with E-state index in [1.165, 1.54) is 19.5 Å². The number of likely N-dealkylation sites (N-methyl/N-ethyl adjacent to an activating group) is 1. The van der Waals surface area contributed by atoms with Gasteiger partial charge in [-0.3, -0.25) is 0 Å². The molecule has 0 aromatic rings. The van der Waals surface area contributed by atoms with Crippen molar-refractivity contribution in [1.29, 1.82) is 0 Å². The molecular weight excluding hydrogens is 188 g/mol. The predicted molar refractivity (Wildman–Crippen MR) is 64.0 cm³/mol. The Labute approximate surface area is 94.1 Å². The van der Waals surface area contributed by atoms with Crippen LogP contribution in [-0.4, -0.2) is 60.8 Å². The Morgan fingerprint density at radius 1 is 1.27 bits per heavy atom. The van der Waals surface area contributed by atoms with Crippen molar-refractivity contribution in [3.05, 3.63) is 0 Å². The highest BCUT2D eigenvalue weighted by Crippen LogP contribution is 2.14. The van der Waals surface area contributed by atoms with Crippen molar-refractivity contribution in [2.45, 2.75) is 32.7 Å². The first-order valence-corrected chi connectivity index (χ1v) is 6.20. The van der Waals surface area contributed by atoms with Crippen LogP contribution in [0.2, 0.25) is 0 Å². The highest BCUT2D eigenvalue weighted by Gasteiger charge is 2.24. The van der Waals surface area contributed by atoms with Crippen molar-refractivity contribution >= 4 is 0 Å². The van der Waals surface area contributed by atoms with Crippen molar-refractivity contribution in [3.8, 4) is 0 Å². The molecule has 0 aromatic heterocycles. The molecule has 0 aliphatic carbocycles. The summed E-state index contributed by atoms with van der Waals surface area (Å²) >= 11 is 0. The fourth-order valence-corrected chi connectivity index (χ4v) is 2.61. The monoisotopic (exact) mass is 214 g/mol. The first kappa shape index (κ1) is 12.9. The molecule has 0 amide bonds. The second-order valence-corrected chi connectivity index (χ2v) is 4.97. The molecule has 0 saturated carbocycles. The first-order chi connectivity index (χ1) is 7.17. The second-order valence-electron chi connectivity index (χ2n) is 4.97. The third-order valence-corrected chi connectivity index (χ3v) is 3.26. The van der Waals surface area contributed by atoms with E-state index in [9.17, 15) is 0 Å². The Balaban J connectivity index is 2.55. The number of hydrogen-bond donors (Lipinski definition) is 1. The van der Waals surface area contributed by atoms with Gasteiger partial charge in [-0.05, 0) is 32.4 Å². The van der Waals surface area contributed by atoms with E-state index in [1.807, 2.05) is 0 Å². The molecule has 1 fully saturated rings. The summed E-state index contributed by atoms with van der Waals surface area (Å²) in [4.78, 5) is 4.96. The highest BCUT2D eigenvalue weighted by molar-refractivity contribution is 4.80. The van der Waals surface area contributed by atoms with E-state index in [0.29, 0.717) is 12.6 Å². The summed E-state index contributed by atoms with van der Waals surface area (Å²) in [5.74, 6) is 0.741. The van der Waals surface area contributed by atoms with Crippen molar-refractivity contribution < 1.29 is 5.11 Å². The summed E-state index contributed by atoms with van der Waals surface area (Å²) in [6.07, 6.45) is 2.13. The number of nitrogens with zero attached hydrogens (tertiary/aromatic N) is 2. The Hall–Kier alpha value is -0.120. The molecule has 1 rings (SSSR count). The van der Waals surface area contributed by atoms with Gasteiger partial charge < -0.3 is 14.9 Å². The van der Waals surface area contributed by atoms with Crippen LogP contribution >= 0.6 is 0 Å². The Kier molecular flexibility index (Phi) is 5.58. The van der Waals surface area contributed by atoms with Crippen LogP contribution in [0.3, 0.4) is 0 Å². The van der Waals surface area contributed by atoms with Gasteiger partial charge in [0.1, 0.15) is 0 Å². The standard InChI is InChI=1S/C12H26N2O/c1-4-6-14-9-11(2)8-13(3)12(10-14)5-7-15/h11-12,15H,4-10H2,1-3H3. The van der Waals surface area contributed by atoms with Gasteiger partial charge in [0.05, 0.1) is 0 Å². The SMILES string of the molecule is CCCN1CC(C)CN(C)C(CCO)C1. The number of hydrogen-bond acceptors (Lipinski definition) is 3. The quantitative estimate of drug-likeness (QED) is 0.757. The fraction of sp³-hybridized carbons (Fsp3) is 1.00. The van der Waals surface area contributed by atoms with Crippen LogP contribution in [0.4, 0.5) is 0 Å². The van der Waals surface area contributed by atoms with E-state index in [2.05, 4.69) is 30.7 Å². The predicted octanol–water partition coefficient (Wildman–Crippen LogP) is 1.03. The zero-order valence-electron chi connectivity index (χ0n) is 10.4. The van der Waals surface area contributed by atoms with Crippen molar-refractivity contribution in [3.63, 3.8) is 0 Å². The molecule has 2 unspecified atom stereocenters. The number of rotatable bonds is 4. The summed E-state index contributed by atoms with van der Waals surface area (Å²) < 4.78 is 0. The molecule has 15 heavy (non-hydrogen) atoms. The van der Waals surface area contributed by atoms with Crippen LogP contribution in [0, 0.1) is 5.92 Å². The lowest BCUT2D eigenvalue weighted by Crippen LogP contribution is -2.39. The minimum absolute atomic E-state index is 0.309. The van der Waals surface area contributed by atoms with Crippen molar-refractivity contribution in [2.24, 2.45) is 5.92 Å². The van der Waals surface area contributed by atoms with E-state index in [0.717, 1.165) is 25.4 Å². The van der Waals surface area contributed by atoms with Crippen molar-refractivity contribution in [1.82, 2.24) is 9.80 Å². The van der Waals surface area contributed by atoms with Crippen LogP contribution in [0.15, 0.2) is 0 Å². The van der Waals surface area contributed by atoms with Gasteiger partial charge in [0.25, 0.3) is 0 Å².